The van der Waals surface area contributed by atoms with Gasteiger partial charge in [0.15, 0.2) is 0 Å². The van der Waals surface area contributed by atoms with Crippen LogP contribution in [0.1, 0.15) is 42.6 Å². The first-order chi connectivity index (χ1) is 8.58. The van der Waals surface area contributed by atoms with Gasteiger partial charge in [0.2, 0.25) is 0 Å². The first kappa shape index (κ1) is 13.1. The molecule has 0 amide bonds. The van der Waals surface area contributed by atoms with Gasteiger partial charge in [-0.1, -0.05) is 26.0 Å². The molecule has 0 saturated heterocycles. The van der Waals surface area contributed by atoms with E-state index in [1.54, 1.807) is 18.2 Å². The van der Waals surface area contributed by atoms with Crippen molar-refractivity contribution in [3.8, 4) is 0 Å². The van der Waals surface area contributed by atoms with Gasteiger partial charge in [-0.2, -0.15) is 0 Å². The lowest BCUT2D eigenvalue weighted by Gasteiger charge is -2.19. The lowest BCUT2D eigenvalue weighted by atomic mass is 9.97. The van der Waals surface area contributed by atoms with Crippen molar-refractivity contribution in [2.24, 2.45) is 11.8 Å². The summed E-state index contributed by atoms with van der Waals surface area (Å²) in [5.74, 6) is 0.625. The quantitative estimate of drug-likeness (QED) is 0.860. The van der Waals surface area contributed by atoms with Crippen LogP contribution in [0.3, 0.4) is 0 Å². The highest BCUT2D eigenvalue weighted by Gasteiger charge is 2.28. The number of benzene rings is 1. The number of carboxylic acids is 1. The molecule has 0 spiro atoms. The Labute approximate surface area is 108 Å². The fourth-order valence-corrected chi connectivity index (χ4v) is 2.72. The van der Waals surface area contributed by atoms with Gasteiger partial charge in [-0.15, -0.1) is 0 Å². The fraction of sp³-hybridized carbons (Fsp3) is 0.533. The largest absolute Gasteiger partial charge is 0.478 e. The molecule has 1 saturated carbocycles. The van der Waals surface area contributed by atoms with Gasteiger partial charge in [0.1, 0.15) is 0 Å². The summed E-state index contributed by atoms with van der Waals surface area (Å²) in [4.78, 5) is 10.9. The van der Waals surface area contributed by atoms with Crippen molar-refractivity contribution < 1.29 is 9.90 Å². The predicted molar refractivity (Wildman–Crippen MR) is 71.6 cm³/mol. The van der Waals surface area contributed by atoms with Crippen molar-refractivity contribution in [3.05, 3.63) is 35.4 Å². The molecule has 18 heavy (non-hydrogen) atoms. The smallest absolute Gasteiger partial charge is 0.335 e. The maximum Gasteiger partial charge on any atom is 0.335 e. The van der Waals surface area contributed by atoms with E-state index in [2.05, 4.69) is 19.2 Å². The van der Waals surface area contributed by atoms with E-state index >= 15 is 0 Å². The molecule has 1 aliphatic carbocycles. The molecular weight excluding hydrogens is 226 g/mol. The molecule has 3 nitrogen and oxygen atoms in total. The number of carboxylic acid groups (broad SMARTS) is 1. The number of hydrogen-bond acceptors (Lipinski definition) is 2. The molecule has 1 aromatic carbocycles. The van der Waals surface area contributed by atoms with E-state index in [4.69, 9.17) is 5.11 Å². The highest BCUT2D eigenvalue weighted by atomic mass is 16.4. The van der Waals surface area contributed by atoms with Crippen molar-refractivity contribution in [1.82, 2.24) is 5.32 Å². The lowest BCUT2D eigenvalue weighted by Crippen LogP contribution is -2.31. The molecule has 2 N–H and O–H groups in total. The second kappa shape index (κ2) is 5.53. The normalized spacial score (nSPS) is 27.3. The predicted octanol–water partition coefficient (Wildman–Crippen LogP) is 2.91. The van der Waals surface area contributed by atoms with E-state index in [1.165, 1.54) is 12.8 Å². The Morgan fingerprint density at radius 1 is 1.39 bits per heavy atom. The van der Waals surface area contributed by atoms with Crippen LogP contribution in [0, 0.1) is 11.8 Å². The topological polar surface area (TPSA) is 49.3 Å². The molecule has 2 rings (SSSR count). The Hall–Kier alpha value is -1.35. The van der Waals surface area contributed by atoms with Crippen molar-refractivity contribution >= 4 is 5.97 Å². The van der Waals surface area contributed by atoms with Gasteiger partial charge in [-0.3, -0.25) is 0 Å². The molecule has 3 heteroatoms. The molecule has 1 aliphatic rings. The summed E-state index contributed by atoms with van der Waals surface area (Å²) < 4.78 is 0. The first-order valence-electron chi connectivity index (χ1n) is 6.63. The summed E-state index contributed by atoms with van der Waals surface area (Å²) in [6.45, 7) is 5.35. The Kier molecular flexibility index (Phi) is 4.02. The molecular formula is C15H21NO2. The van der Waals surface area contributed by atoms with E-state index in [1.807, 2.05) is 6.07 Å². The summed E-state index contributed by atoms with van der Waals surface area (Å²) in [7, 11) is 0. The molecule has 98 valence electrons. The molecule has 1 fully saturated rings. The highest BCUT2D eigenvalue weighted by Crippen LogP contribution is 2.31. The first-order valence-corrected chi connectivity index (χ1v) is 6.63. The minimum atomic E-state index is -0.861. The third-order valence-corrected chi connectivity index (χ3v) is 4.21. The number of aromatic carboxylic acids is 1. The van der Waals surface area contributed by atoms with Gasteiger partial charge < -0.3 is 10.4 Å². The summed E-state index contributed by atoms with van der Waals surface area (Å²) >= 11 is 0. The van der Waals surface area contributed by atoms with Crippen LogP contribution in [0.2, 0.25) is 0 Å². The van der Waals surface area contributed by atoms with Gasteiger partial charge in [0.25, 0.3) is 0 Å². The van der Waals surface area contributed by atoms with Crippen LogP contribution in [0.15, 0.2) is 24.3 Å². The van der Waals surface area contributed by atoms with Crippen LogP contribution in [0.25, 0.3) is 0 Å². The molecule has 0 aromatic heterocycles. The second-order valence-electron chi connectivity index (χ2n) is 5.41. The van der Waals surface area contributed by atoms with E-state index in [9.17, 15) is 4.79 Å². The molecule has 3 unspecified atom stereocenters. The van der Waals surface area contributed by atoms with Crippen molar-refractivity contribution in [2.75, 3.05) is 0 Å². The van der Waals surface area contributed by atoms with Crippen molar-refractivity contribution in [3.63, 3.8) is 0 Å². The summed E-state index contributed by atoms with van der Waals surface area (Å²) in [6, 6.07) is 7.72. The average molecular weight is 247 g/mol. The SMILES string of the molecule is CC1CCC(NCc2cccc(C(=O)O)c2)C1C. The number of carbonyl (C=O) groups is 1. The van der Waals surface area contributed by atoms with Crippen molar-refractivity contribution in [2.45, 2.75) is 39.3 Å². The van der Waals surface area contributed by atoms with Crippen LogP contribution in [0.5, 0.6) is 0 Å². The van der Waals surface area contributed by atoms with Gasteiger partial charge in [0.05, 0.1) is 5.56 Å². The zero-order chi connectivity index (χ0) is 13.1. The van der Waals surface area contributed by atoms with Crippen LogP contribution in [-0.2, 0) is 6.54 Å². The Morgan fingerprint density at radius 2 is 2.17 bits per heavy atom. The summed E-state index contributed by atoms with van der Waals surface area (Å²) in [5, 5.41) is 12.5. The van der Waals surface area contributed by atoms with Crippen LogP contribution >= 0.6 is 0 Å². The average Bonchev–Trinajstić information content (AvgIpc) is 2.68. The fourth-order valence-electron chi connectivity index (χ4n) is 2.72. The highest BCUT2D eigenvalue weighted by molar-refractivity contribution is 5.87. The molecule has 1 aromatic rings. The summed E-state index contributed by atoms with van der Waals surface area (Å²) in [6.07, 6.45) is 2.51. The maximum absolute atomic E-state index is 10.9. The van der Waals surface area contributed by atoms with E-state index in [0.717, 1.165) is 18.0 Å². The molecule has 0 aliphatic heterocycles. The van der Waals surface area contributed by atoms with Gasteiger partial charge >= 0.3 is 5.97 Å². The minimum absolute atomic E-state index is 0.363. The van der Waals surface area contributed by atoms with Gasteiger partial charge in [-0.05, 0) is 42.4 Å². The van der Waals surface area contributed by atoms with E-state index < -0.39 is 5.97 Å². The summed E-state index contributed by atoms with van der Waals surface area (Å²) in [5.41, 5.74) is 1.41. The van der Waals surface area contributed by atoms with Crippen molar-refractivity contribution in [1.29, 1.82) is 0 Å². The van der Waals surface area contributed by atoms with Gasteiger partial charge in [0, 0.05) is 12.6 Å². The molecule has 0 heterocycles. The Balaban J connectivity index is 1.94. The van der Waals surface area contributed by atoms with E-state index in [-0.39, 0.29) is 0 Å². The van der Waals surface area contributed by atoms with Crippen LogP contribution in [0.4, 0.5) is 0 Å². The zero-order valence-electron chi connectivity index (χ0n) is 11.0. The third-order valence-electron chi connectivity index (χ3n) is 4.21. The monoisotopic (exact) mass is 247 g/mol. The number of rotatable bonds is 4. The third kappa shape index (κ3) is 2.91. The van der Waals surface area contributed by atoms with Gasteiger partial charge in [-0.25, -0.2) is 4.79 Å². The van der Waals surface area contributed by atoms with E-state index in [0.29, 0.717) is 17.5 Å². The molecule has 0 radical (unpaired) electrons. The van der Waals surface area contributed by atoms with Crippen LogP contribution in [-0.4, -0.2) is 17.1 Å². The van der Waals surface area contributed by atoms with Crippen LogP contribution < -0.4 is 5.32 Å². The Morgan fingerprint density at radius 3 is 2.78 bits per heavy atom. The molecule has 3 atom stereocenters. The number of hydrogen-bond donors (Lipinski definition) is 2. The Bertz CT molecular complexity index is 430. The zero-order valence-corrected chi connectivity index (χ0v) is 11.0. The lowest BCUT2D eigenvalue weighted by molar-refractivity contribution is 0.0696. The molecule has 0 bridgehead atoms. The second-order valence-corrected chi connectivity index (χ2v) is 5.41. The standard InChI is InChI=1S/C15H21NO2/c1-10-6-7-14(11(10)2)16-9-12-4-3-5-13(8-12)15(17)18/h3-5,8,10-11,14,16H,6-7,9H2,1-2H3,(H,17,18). The maximum atomic E-state index is 10.9. The minimum Gasteiger partial charge on any atom is -0.478 e. The number of nitrogens with one attached hydrogen (secondary N) is 1.